The van der Waals surface area contributed by atoms with Crippen molar-refractivity contribution >= 4 is 28.7 Å². The Morgan fingerprint density at radius 2 is 1.97 bits per heavy atom. The molecule has 2 amide bonds. The van der Waals surface area contributed by atoms with E-state index < -0.39 is 11.6 Å². The highest BCUT2D eigenvalue weighted by molar-refractivity contribution is 7.13. The summed E-state index contributed by atoms with van der Waals surface area (Å²) in [6.45, 7) is 1.30. The van der Waals surface area contributed by atoms with Gasteiger partial charge in [-0.3, -0.25) is 0 Å². The Bertz CT molecular complexity index is 1050. The van der Waals surface area contributed by atoms with E-state index in [1.54, 1.807) is 17.5 Å². The van der Waals surface area contributed by atoms with Crippen molar-refractivity contribution in [3.63, 3.8) is 0 Å². The molecule has 2 aliphatic rings. The minimum absolute atomic E-state index is 0.0805. The van der Waals surface area contributed by atoms with E-state index in [0.717, 1.165) is 16.6 Å². The fraction of sp³-hybridized carbons (Fsp3) is 0.238. The van der Waals surface area contributed by atoms with E-state index in [1.807, 2.05) is 34.5 Å². The molecule has 2 N–H and O–H groups in total. The maximum atomic E-state index is 14.0. The Balaban J connectivity index is 1.17. The number of hydrogen-bond donors (Lipinski definition) is 2. The number of piperidine rings is 1. The molecule has 0 bridgehead atoms. The number of benzene rings is 2. The van der Waals surface area contributed by atoms with Gasteiger partial charge >= 0.3 is 6.03 Å². The number of nitrogens with one attached hydrogen (secondary N) is 2. The Morgan fingerprint density at radius 1 is 1.14 bits per heavy atom. The minimum atomic E-state index is -0.578. The van der Waals surface area contributed by atoms with Gasteiger partial charge in [-0.05, 0) is 24.3 Å². The zero-order chi connectivity index (χ0) is 20.0. The molecule has 2 heterocycles. The lowest BCUT2D eigenvalue weighted by atomic mass is 10.2. The Labute approximate surface area is 170 Å². The maximum Gasteiger partial charge on any atom is 0.319 e. The van der Waals surface area contributed by atoms with Crippen LogP contribution in [0.5, 0.6) is 0 Å². The molecule has 5 rings (SSSR count). The second-order valence-electron chi connectivity index (χ2n) is 7.37. The molecule has 3 atom stereocenters. The predicted octanol–water partition coefficient (Wildman–Crippen LogP) is 4.34. The average molecular weight is 412 g/mol. The van der Waals surface area contributed by atoms with Gasteiger partial charge in [0.2, 0.25) is 0 Å². The molecule has 148 valence electrons. The van der Waals surface area contributed by atoms with E-state index >= 15 is 0 Å². The van der Waals surface area contributed by atoms with Crippen LogP contribution < -0.4 is 15.5 Å². The zero-order valence-electron chi connectivity index (χ0n) is 15.3. The van der Waals surface area contributed by atoms with E-state index in [9.17, 15) is 13.6 Å². The summed E-state index contributed by atoms with van der Waals surface area (Å²) in [6.07, 6.45) is 1.75. The van der Waals surface area contributed by atoms with Crippen molar-refractivity contribution in [2.75, 3.05) is 23.3 Å². The Kier molecular flexibility index (Phi) is 4.43. The summed E-state index contributed by atoms with van der Waals surface area (Å²) in [5.41, 5.74) is 2.08. The number of rotatable bonds is 4. The SMILES string of the molecule is O=C(Nc1cccc(-c2nccs2)c1)N[C@H]1[C@@H]2CN(c3ccc(F)cc3F)C[C@@H]21. The quantitative estimate of drug-likeness (QED) is 0.670. The van der Waals surface area contributed by atoms with Crippen LogP contribution in [0.1, 0.15) is 0 Å². The number of fused-ring (bicyclic) bond motifs is 1. The topological polar surface area (TPSA) is 57.3 Å². The van der Waals surface area contributed by atoms with E-state index in [2.05, 4.69) is 15.6 Å². The molecule has 0 radical (unpaired) electrons. The Morgan fingerprint density at radius 3 is 2.69 bits per heavy atom. The van der Waals surface area contributed by atoms with Gasteiger partial charge in [0.05, 0.1) is 5.69 Å². The van der Waals surface area contributed by atoms with Crippen LogP contribution in [-0.2, 0) is 0 Å². The van der Waals surface area contributed by atoms with Crippen LogP contribution >= 0.6 is 11.3 Å². The highest BCUT2D eigenvalue weighted by atomic mass is 32.1. The number of anilines is 2. The first-order chi connectivity index (χ1) is 14.1. The van der Waals surface area contributed by atoms with Gasteiger partial charge in [0.1, 0.15) is 16.6 Å². The van der Waals surface area contributed by atoms with Crippen LogP contribution in [0.2, 0.25) is 0 Å². The van der Waals surface area contributed by atoms with Crippen LogP contribution in [0, 0.1) is 23.5 Å². The molecule has 0 spiro atoms. The summed E-state index contributed by atoms with van der Waals surface area (Å²) >= 11 is 1.54. The van der Waals surface area contributed by atoms with Gasteiger partial charge in [0.25, 0.3) is 0 Å². The van der Waals surface area contributed by atoms with Crippen molar-refractivity contribution in [1.82, 2.24) is 10.3 Å². The first-order valence-electron chi connectivity index (χ1n) is 9.36. The molecule has 0 unspecified atom stereocenters. The third-order valence-corrected chi connectivity index (χ3v) is 6.36. The first-order valence-corrected chi connectivity index (χ1v) is 10.2. The van der Waals surface area contributed by atoms with Crippen molar-refractivity contribution < 1.29 is 13.6 Å². The van der Waals surface area contributed by atoms with E-state index in [4.69, 9.17) is 0 Å². The number of aromatic nitrogens is 1. The van der Waals surface area contributed by atoms with Gasteiger partial charge < -0.3 is 15.5 Å². The van der Waals surface area contributed by atoms with Crippen molar-refractivity contribution in [1.29, 1.82) is 0 Å². The van der Waals surface area contributed by atoms with Crippen LogP contribution in [0.15, 0.2) is 54.0 Å². The fourth-order valence-corrected chi connectivity index (χ4v) is 4.72. The highest BCUT2D eigenvalue weighted by Crippen LogP contribution is 2.47. The number of carbonyl (C=O) groups is 1. The number of nitrogens with zero attached hydrogens (tertiary/aromatic N) is 2. The molecule has 1 aromatic heterocycles. The molecule has 1 aliphatic carbocycles. The first kappa shape index (κ1) is 18.1. The molecule has 1 aliphatic heterocycles. The number of amides is 2. The van der Waals surface area contributed by atoms with Crippen LogP contribution in [0.25, 0.3) is 10.6 Å². The van der Waals surface area contributed by atoms with Gasteiger partial charge in [-0.25, -0.2) is 18.6 Å². The summed E-state index contributed by atoms with van der Waals surface area (Å²) in [5, 5.41) is 8.70. The molecule has 5 nitrogen and oxygen atoms in total. The van der Waals surface area contributed by atoms with Crippen molar-refractivity contribution in [3.8, 4) is 10.6 Å². The summed E-state index contributed by atoms with van der Waals surface area (Å²) in [5.74, 6) is -0.557. The lowest BCUT2D eigenvalue weighted by molar-refractivity contribution is 0.250. The second-order valence-corrected chi connectivity index (χ2v) is 8.27. The Hall–Kier alpha value is -3.00. The van der Waals surface area contributed by atoms with Crippen molar-refractivity contribution in [3.05, 3.63) is 65.7 Å². The zero-order valence-corrected chi connectivity index (χ0v) is 16.1. The maximum absolute atomic E-state index is 14.0. The number of carbonyl (C=O) groups excluding carboxylic acids is 1. The number of halogens is 2. The summed E-state index contributed by atoms with van der Waals surface area (Å²) in [6, 6.07) is 11.0. The lowest BCUT2D eigenvalue weighted by Gasteiger charge is -2.23. The van der Waals surface area contributed by atoms with Crippen LogP contribution in [0.3, 0.4) is 0 Å². The molecule has 2 fully saturated rings. The van der Waals surface area contributed by atoms with E-state index in [0.29, 0.717) is 24.5 Å². The second kappa shape index (κ2) is 7.11. The van der Waals surface area contributed by atoms with Gasteiger partial charge in [-0.1, -0.05) is 12.1 Å². The van der Waals surface area contributed by atoms with Crippen molar-refractivity contribution in [2.45, 2.75) is 6.04 Å². The fourth-order valence-electron chi connectivity index (χ4n) is 4.09. The van der Waals surface area contributed by atoms with Gasteiger partial charge in [-0.2, -0.15) is 0 Å². The van der Waals surface area contributed by atoms with Crippen LogP contribution in [0.4, 0.5) is 25.0 Å². The van der Waals surface area contributed by atoms with Crippen molar-refractivity contribution in [2.24, 2.45) is 11.8 Å². The monoisotopic (exact) mass is 412 g/mol. The molecule has 1 saturated carbocycles. The lowest BCUT2D eigenvalue weighted by Crippen LogP contribution is -2.37. The summed E-state index contributed by atoms with van der Waals surface area (Å²) in [7, 11) is 0. The van der Waals surface area contributed by atoms with E-state index in [-0.39, 0.29) is 23.9 Å². The normalized spacial score (nSPS) is 22.3. The number of hydrogen-bond acceptors (Lipinski definition) is 4. The van der Waals surface area contributed by atoms with E-state index in [1.165, 1.54) is 12.1 Å². The van der Waals surface area contributed by atoms with Gasteiger partial charge in [0, 0.05) is 59.9 Å². The molecule has 3 aromatic rings. The van der Waals surface area contributed by atoms with Gasteiger partial charge in [0.15, 0.2) is 0 Å². The van der Waals surface area contributed by atoms with Gasteiger partial charge in [-0.15, -0.1) is 11.3 Å². The molecule has 29 heavy (non-hydrogen) atoms. The van der Waals surface area contributed by atoms with Crippen LogP contribution in [-0.4, -0.2) is 30.1 Å². The number of urea groups is 1. The average Bonchev–Trinajstić information content (AvgIpc) is 3.13. The largest absolute Gasteiger partial charge is 0.368 e. The molecular formula is C21H18F2N4OS. The summed E-state index contributed by atoms with van der Waals surface area (Å²) < 4.78 is 27.1. The minimum Gasteiger partial charge on any atom is -0.368 e. The summed E-state index contributed by atoms with van der Waals surface area (Å²) in [4.78, 5) is 18.6. The molecule has 2 aromatic carbocycles. The third-order valence-electron chi connectivity index (χ3n) is 5.54. The standard InChI is InChI=1S/C21H18F2N4OS/c22-13-4-5-18(17(23)9-13)27-10-15-16(11-27)19(15)26-21(28)25-14-3-1-2-12(8-14)20-24-6-7-29-20/h1-9,15-16,19H,10-11H2,(H2,25,26,28)/t15-,16+,19+. The molecule has 1 saturated heterocycles. The number of thiazole rings is 1. The smallest absolute Gasteiger partial charge is 0.319 e. The molecule has 8 heteroatoms. The predicted molar refractivity (Wildman–Crippen MR) is 109 cm³/mol. The molecular weight excluding hydrogens is 394 g/mol. The highest BCUT2D eigenvalue weighted by Gasteiger charge is 2.56. The third kappa shape index (κ3) is 3.55.